The molecule has 0 saturated carbocycles. The van der Waals surface area contributed by atoms with Crippen molar-refractivity contribution in [1.82, 2.24) is 24.6 Å². The van der Waals surface area contributed by atoms with E-state index in [4.69, 9.17) is 9.97 Å². The van der Waals surface area contributed by atoms with E-state index in [2.05, 4.69) is 43.9 Å². The van der Waals surface area contributed by atoms with Crippen LogP contribution in [-0.4, -0.2) is 43.6 Å². The van der Waals surface area contributed by atoms with E-state index in [-0.39, 0.29) is 11.9 Å². The first-order chi connectivity index (χ1) is 14.3. The highest BCUT2D eigenvalue weighted by molar-refractivity contribution is 5.95. The monoisotopic (exact) mass is 410 g/mol. The average molecular weight is 411 g/mol. The quantitative estimate of drug-likeness (QED) is 0.729. The fourth-order valence-corrected chi connectivity index (χ4v) is 4.70. The van der Waals surface area contributed by atoms with E-state index in [9.17, 15) is 4.79 Å². The topological polar surface area (TPSA) is 67.2 Å². The third-order valence-corrected chi connectivity index (χ3v) is 6.44. The van der Waals surface area contributed by atoms with Crippen molar-refractivity contribution in [3.63, 3.8) is 0 Å². The molecule has 0 unspecified atom stereocenters. The molecule has 4 rings (SSSR count). The van der Waals surface area contributed by atoms with Crippen molar-refractivity contribution in [2.75, 3.05) is 18.0 Å². The number of anilines is 1. The SMILES string of the molecule is Cc1nn(C)cc1CN1CCC[C@@H]1c1nc(C)c2c(n1)N(CCC(C)C)C(=O)CC2. The van der Waals surface area contributed by atoms with Crippen LogP contribution in [0, 0.1) is 19.8 Å². The van der Waals surface area contributed by atoms with Crippen LogP contribution in [0.1, 0.15) is 73.9 Å². The molecule has 2 aliphatic rings. The van der Waals surface area contributed by atoms with Crippen molar-refractivity contribution in [2.45, 2.75) is 72.4 Å². The van der Waals surface area contributed by atoms with Gasteiger partial charge in [0.15, 0.2) is 0 Å². The first-order valence-electron chi connectivity index (χ1n) is 11.2. The highest BCUT2D eigenvalue weighted by atomic mass is 16.2. The van der Waals surface area contributed by atoms with Crippen LogP contribution in [0.4, 0.5) is 5.82 Å². The summed E-state index contributed by atoms with van der Waals surface area (Å²) in [5, 5.41) is 4.49. The van der Waals surface area contributed by atoms with Crippen LogP contribution in [0.3, 0.4) is 0 Å². The van der Waals surface area contributed by atoms with Gasteiger partial charge in [-0.05, 0) is 52.0 Å². The molecule has 7 heteroatoms. The van der Waals surface area contributed by atoms with Gasteiger partial charge in [0, 0.05) is 49.6 Å². The minimum absolute atomic E-state index is 0.192. The van der Waals surface area contributed by atoms with Gasteiger partial charge in [0.05, 0.1) is 11.7 Å². The molecule has 4 heterocycles. The Morgan fingerprint density at radius 1 is 1.17 bits per heavy atom. The second kappa shape index (κ2) is 8.46. The molecule has 0 bridgehead atoms. The standard InChI is InChI=1S/C23H34N6O/c1-15(2)10-12-29-21(30)9-8-19-17(4)24-22(25-23(19)29)20-7-6-11-28(20)14-18-13-27(5)26-16(18)3/h13,15,20H,6-12,14H2,1-5H3/t20-/m1/s1. The minimum atomic E-state index is 0.192. The molecule has 0 aromatic carbocycles. The summed E-state index contributed by atoms with van der Waals surface area (Å²) in [7, 11) is 1.97. The summed E-state index contributed by atoms with van der Waals surface area (Å²) in [6.45, 7) is 11.2. The maximum atomic E-state index is 12.7. The molecule has 7 nitrogen and oxygen atoms in total. The number of fused-ring (bicyclic) bond motifs is 1. The summed E-state index contributed by atoms with van der Waals surface area (Å²) < 4.78 is 1.88. The summed E-state index contributed by atoms with van der Waals surface area (Å²) in [6, 6.07) is 0.192. The predicted molar refractivity (Wildman–Crippen MR) is 117 cm³/mol. The van der Waals surface area contributed by atoms with Gasteiger partial charge in [-0.25, -0.2) is 9.97 Å². The molecule has 1 atom stereocenters. The van der Waals surface area contributed by atoms with E-state index in [1.807, 2.05) is 16.6 Å². The number of amides is 1. The van der Waals surface area contributed by atoms with Crippen molar-refractivity contribution in [2.24, 2.45) is 13.0 Å². The Bertz CT molecular complexity index is 934. The first-order valence-corrected chi connectivity index (χ1v) is 11.2. The van der Waals surface area contributed by atoms with Crippen LogP contribution >= 0.6 is 0 Å². The van der Waals surface area contributed by atoms with Gasteiger partial charge in [0.1, 0.15) is 11.6 Å². The average Bonchev–Trinajstić information content (AvgIpc) is 3.26. The van der Waals surface area contributed by atoms with Crippen LogP contribution in [0.2, 0.25) is 0 Å². The van der Waals surface area contributed by atoms with E-state index in [0.29, 0.717) is 12.3 Å². The molecule has 0 N–H and O–H groups in total. The van der Waals surface area contributed by atoms with E-state index < -0.39 is 0 Å². The van der Waals surface area contributed by atoms with Gasteiger partial charge in [-0.15, -0.1) is 0 Å². The third kappa shape index (κ3) is 4.13. The van der Waals surface area contributed by atoms with Gasteiger partial charge in [0.2, 0.25) is 5.91 Å². The molecule has 1 amide bonds. The zero-order valence-corrected chi connectivity index (χ0v) is 19.0. The van der Waals surface area contributed by atoms with Gasteiger partial charge in [0.25, 0.3) is 0 Å². The maximum Gasteiger partial charge on any atom is 0.228 e. The number of nitrogens with zero attached hydrogens (tertiary/aromatic N) is 6. The lowest BCUT2D eigenvalue weighted by atomic mass is 10.0. The van der Waals surface area contributed by atoms with Gasteiger partial charge in [-0.3, -0.25) is 19.3 Å². The molecule has 0 aliphatic carbocycles. The lowest BCUT2D eigenvalue weighted by Gasteiger charge is -2.31. The van der Waals surface area contributed by atoms with E-state index in [1.54, 1.807) is 0 Å². The molecule has 30 heavy (non-hydrogen) atoms. The van der Waals surface area contributed by atoms with Gasteiger partial charge in [-0.2, -0.15) is 5.10 Å². The van der Waals surface area contributed by atoms with E-state index in [1.165, 1.54) is 5.56 Å². The number of hydrogen-bond donors (Lipinski definition) is 0. The number of likely N-dealkylation sites (tertiary alicyclic amines) is 1. The zero-order chi connectivity index (χ0) is 21.4. The summed E-state index contributed by atoms with van der Waals surface area (Å²) in [5.41, 5.74) is 4.51. The summed E-state index contributed by atoms with van der Waals surface area (Å²) in [6.07, 6.45) is 6.60. The number of aryl methyl sites for hydroxylation is 3. The molecule has 1 fully saturated rings. The van der Waals surface area contributed by atoms with Gasteiger partial charge < -0.3 is 0 Å². The molecule has 2 aromatic rings. The second-order valence-corrected chi connectivity index (χ2v) is 9.24. The Kier molecular flexibility index (Phi) is 5.91. The molecular formula is C23H34N6O. The van der Waals surface area contributed by atoms with Gasteiger partial charge >= 0.3 is 0 Å². The van der Waals surface area contributed by atoms with Crippen LogP contribution in [0.15, 0.2) is 6.20 Å². The Labute approximate surface area is 179 Å². The predicted octanol–water partition coefficient (Wildman–Crippen LogP) is 3.49. The van der Waals surface area contributed by atoms with Crippen molar-refractivity contribution in [3.05, 3.63) is 34.5 Å². The molecule has 2 aromatic heterocycles. The molecule has 0 radical (unpaired) electrons. The normalized spacial score (nSPS) is 19.7. The number of aromatic nitrogens is 4. The second-order valence-electron chi connectivity index (χ2n) is 9.24. The lowest BCUT2D eigenvalue weighted by Crippen LogP contribution is -2.38. The van der Waals surface area contributed by atoms with Crippen molar-refractivity contribution in [1.29, 1.82) is 0 Å². The number of carbonyl (C=O) groups is 1. The third-order valence-electron chi connectivity index (χ3n) is 6.44. The van der Waals surface area contributed by atoms with Crippen molar-refractivity contribution < 1.29 is 4.79 Å². The summed E-state index contributed by atoms with van der Waals surface area (Å²) in [4.78, 5) is 27.0. The molecule has 162 valence electrons. The Morgan fingerprint density at radius 2 is 1.97 bits per heavy atom. The van der Waals surface area contributed by atoms with Crippen LogP contribution in [-0.2, 0) is 24.8 Å². The molecule has 0 spiro atoms. The number of hydrogen-bond acceptors (Lipinski definition) is 5. The Balaban J connectivity index is 1.63. The molecule has 2 aliphatic heterocycles. The maximum absolute atomic E-state index is 12.7. The van der Waals surface area contributed by atoms with Gasteiger partial charge in [-0.1, -0.05) is 13.8 Å². The highest BCUT2D eigenvalue weighted by Crippen LogP contribution is 2.35. The lowest BCUT2D eigenvalue weighted by molar-refractivity contribution is -0.119. The summed E-state index contributed by atoms with van der Waals surface area (Å²) in [5.74, 6) is 2.48. The fraction of sp³-hybridized carbons (Fsp3) is 0.652. The smallest absolute Gasteiger partial charge is 0.228 e. The molecule has 1 saturated heterocycles. The largest absolute Gasteiger partial charge is 0.296 e. The van der Waals surface area contributed by atoms with Crippen molar-refractivity contribution in [3.8, 4) is 0 Å². The van der Waals surface area contributed by atoms with E-state index in [0.717, 1.165) is 73.9 Å². The van der Waals surface area contributed by atoms with Crippen LogP contribution < -0.4 is 4.90 Å². The van der Waals surface area contributed by atoms with E-state index >= 15 is 0 Å². The first kappa shape index (κ1) is 21.0. The number of carbonyl (C=O) groups excluding carboxylic acids is 1. The van der Waals surface area contributed by atoms with Crippen LogP contribution in [0.25, 0.3) is 0 Å². The fourth-order valence-electron chi connectivity index (χ4n) is 4.70. The number of rotatable bonds is 6. The van der Waals surface area contributed by atoms with Crippen molar-refractivity contribution >= 4 is 11.7 Å². The zero-order valence-electron chi connectivity index (χ0n) is 19.0. The minimum Gasteiger partial charge on any atom is -0.296 e. The summed E-state index contributed by atoms with van der Waals surface area (Å²) >= 11 is 0. The Morgan fingerprint density at radius 3 is 2.67 bits per heavy atom. The molecular weight excluding hydrogens is 376 g/mol. The van der Waals surface area contributed by atoms with Crippen LogP contribution in [0.5, 0.6) is 0 Å². The Hall–Kier alpha value is -2.28. The highest BCUT2D eigenvalue weighted by Gasteiger charge is 2.33.